The van der Waals surface area contributed by atoms with E-state index >= 15 is 0 Å². The smallest absolute Gasteiger partial charge is 0.289 e. The molecule has 0 spiro atoms. The van der Waals surface area contributed by atoms with E-state index < -0.39 is 0 Å². The molecule has 2 saturated heterocycles. The summed E-state index contributed by atoms with van der Waals surface area (Å²) in [7, 11) is 0. The number of hydrogen-bond donors (Lipinski definition) is 1. The molecular formula is C14H19N3O3. The Morgan fingerprint density at radius 3 is 3.05 bits per heavy atom. The van der Waals surface area contributed by atoms with Crippen molar-refractivity contribution in [1.29, 1.82) is 0 Å². The van der Waals surface area contributed by atoms with Gasteiger partial charge in [-0.2, -0.15) is 0 Å². The van der Waals surface area contributed by atoms with Crippen LogP contribution in [0.1, 0.15) is 23.4 Å². The molecule has 2 aliphatic heterocycles. The van der Waals surface area contributed by atoms with E-state index in [9.17, 15) is 9.59 Å². The fraction of sp³-hybridized carbons (Fsp3) is 0.571. The van der Waals surface area contributed by atoms with Crippen LogP contribution in [-0.4, -0.2) is 60.4 Å². The Morgan fingerprint density at radius 1 is 1.40 bits per heavy atom. The summed E-state index contributed by atoms with van der Waals surface area (Å²) in [6, 6.07) is 3.54. The molecule has 0 saturated carbocycles. The van der Waals surface area contributed by atoms with E-state index in [0.717, 1.165) is 32.5 Å². The maximum atomic E-state index is 12.3. The summed E-state index contributed by atoms with van der Waals surface area (Å²) in [6.07, 6.45) is 3.40. The lowest BCUT2D eigenvalue weighted by molar-refractivity contribution is -0.135. The van der Waals surface area contributed by atoms with Crippen molar-refractivity contribution in [2.45, 2.75) is 18.9 Å². The highest BCUT2D eigenvalue weighted by molar-refractivity contribution is 5.91. The van der Waals surface area contributed by atoms with Crippen molar-refractivity contribution in [1.82, 2.24) is 15.1 Å². The number of nitrogens with zero attached hydrogens (tertiary/aromatic N) is 2. The lowest BCUT2D eigenvalue weighted by atomic mass is 10.0. The maximum absolute atomic E-state index is 12.3. The molecule has 3 rings (SSSR count). The first kappa shape index (κ1) is 13.2. The van der Waals surface area contributed by atoms with Crippen LogP contribution in [0, 0.1) is 0 Å². The van der Waals surface area contributed by atoms with Crippen molar-refractivity contribution < 1.29 is 14.0 Å². The van der Waals surface area contributed by atoms with Crippen LogP contribution in [0.2, 0.25) is 0 Å². The van der Waals surface area contributed by atoms with Gasteiger partial charge in [0.15, 0.2) is 5.76 Å². The molecule has 0 aromatic carbocycles. The van der Waals surface area contributed by atoms with Crippen LogP contribution < -0.4 is 5.32 Å². The predicted octanol–water partition coefficient (Wildman–Crippen LogP) is 0.316. The second-order valence-electron chi connectivity index (χ2n) is 5.29. The van der Waals surface area contributed by atoms with Crippen molar-refractivity contribution in [3.63, 3.8) is 0 Å². The predicted molar refractivity (Wildman–Crippen MR) is 72.2 cm³/mol. The molecule has 1 aromatic heterocycles. The van der Waals surface area contributed by atoms with Gasteiger partial charge >= 0.3 is 0 Å². The largest absolute Gasteiger partial charge is 0.459 e. The number of furan rings is 1. The number of hydrogen-bond acceptors (Lipinski definition) is 4. The maximum Gasteiger partial charge on any atom is 0.289 e. The first-order chi connectivity index (χ1) is 9.75. The molecule has 2 aliphatic rings. The van der Waals surface area contributed by atoms with Gasteiger partial charge < -0.3 is 19.5 Å². The van der Waals surface area contributed by atoms with Crippen LogP contribution in [0.15, 0.2) is 22.8 Å². The van der Waals surface area contributed by atoms with Gasteiger partial charge in [0.2, 0.25) is 5.91 Å². The van der Waals surface area contributed by atoms with Gasteiger partial charge in [-0.25, -0.2) is 0 Å². The molecule has 6 heteroatoms. The Labute approximate surface area is 117 Å². The van der Waals surface area contributed by atoms with E-state index in [-0.39, 0.29) is 17.9 Å². The quantitative estimate of drug-likeness (QED) is 0.845. The van der Waals surface area contributed by atoms with Gasteiger partial charge in [-0.3, -0.25) is 9.59 Å². The number of rotatable bonds is 2. The number of piperazine rings is 1. The highest BCUT2D eigenvalue weighted by Gasteiger charge is 2.32. The van der Waals surface area contributed by atoms with Crippen LogP contribution in [0.4, 0.5) is 0 Å². The number of carbonyl (C=O) groups excluding carboxylic acids is 2. The minimum absolute atomic E-state index is 0.0812. The topological polar surface area (TPSA) is 65.8 Å². The second-order valence-corrected chi connectivity index (χ2v) is 5.29. The van der Waals surface area contributed by atoms with Crippen molar-refractivity contribution >= 4 is 11.8 Å². The average molecular weight is 277 g/mol. The zero-order valence-electron chi connectivity index (χ0n) is 11.4. The summed E-state index contributed by atoms with van der Waals surface area (Å²) >= 11 is 0. The normalized spacial score (nSPS) is 24.0. The molecule has 2 fully saturated rings. The van der Waals surface area contributed by atoms with E-state index in [1.165, 1.54) is 6.26 Å². The van der Waals surface area contributed by atoms with Crippen LogP contribution in [0.5, 0.6) is 0 Å². The Morgan fingerprint density at radius 2 is 2.30 bits per heavy atom. The van der Waals surface area contributed by atoms with Gasteiger partial charge in [-0.15, -0.1) is 0 Å². The summed E-state index contributed by atoms with van der Waals surface area (Å²) in [5.41, 5.74) is 0. The molecule has 1 unspecified atom stereocenters. The summed E-state index contributed by atoms with van der Waals surface area (Å²) in [5, 5.41) is 3.07. The first-order valence-corrected chi connectivity index (χ1v) is 7.08. The Balaban J connectivity index is 1.67. The lowest BCUT2D eigenvalue weighted by Crippen LogP contribution is -2.57. The SMILES string of the molecule is O=C(c1ccco1)N1CCCC(N2CCNCC2=O)C1. The molecule has 1 atom stereocenters. The molecule has 0 aliphatic carbocycles. The van der Waals surface area contributed by atoms with E-state index in [1.54, 1.807) is 17.0 Å². The molecule has 0 bridgehead atoms. The molecular weight excluding hydrogens is 258 g/mol. The standard InChI is InChI=1S/C14H19N3O3/c18-13-9-15-5-7-17(13)11-3-1-6-16(10-11)14(19)12-4-2-8-20-12/h2,4,8,11,15H,1,3,5-7,9-10H2. The fourth-order valence-electron chi connectivity index (χ4n) is 2.96. The minimum atomic E-state index is -0.0812. The van der Waals surface area contributed by atoms with Crippen LogP contribution in [-0.2, 0) is 4.79 Å². The molecule has 1 N–H and O–H groups in total. The molecule has 20 heavy (non-hydrogen) atoms. The fourth-order valence-corrected chi connectivity index (χ4v) is 2.96. The molecule has 0 radical (unpaired) electrons. The number of likely N-dealkylation sites (tertiary alicyclic amines) is 1. The number of piperidine rings is 1. The highest BCUT2D eigenvalue weighted by Crippen LogP contribution is 2.19. The lowest BCUT2D eigenvalue weighted by Gasteiger charge is -2.40. The van der Waals surface area contributed by atoms with Crippen LogP contribution in [0.25, 0.3) is 0 Å². The third kappa shape index (κ3) is 2.56. The zero-order chi connectivity index (χ0) is 13.9. The van der Waals surface area contributed by atoms with Crippen LogP contribution >= 0.6 is 0 Å². The van der Waals surface area contributed by atoms with Gasteiger partial charge in [-0.05, 0) is 25.0 Å². The molecule has 1 aromatic rings. The highest BCUT2D eigenvalue weighted by atomic mass is 16.3. The monoisotopic (exact) mass is 277 g/mol. The van der Waals surface area contributed by atoms with E-state index in [1.807, 2.05) is 4.90 Å². The van der Waals surface area contributed by atoms with Crippen LogP contribution in [0.3, 0.4) is 0 Å². The summed E-state index contributed by atoms with van der Waals surface area (Å²) < 4.78 is 5.17. The third-order valence-corrected chi connectivity index (χ3v) is 3.98. The van der Waals surface area contributed by atoms with E-state index in [0.29, 0.717) is 18.8 Å². The second kappa shape index (κ2) is 5.66. The van der Waals surface area contributed by atoms with E-state index in [4.69, 9.17) is 4.42 Å². The van der Waals surface area contributed by atoms with Crippen molar-refractivity contribution in [2.24, 2.45) is 0 Å². The van der Waals surface area contributed by atoms with Gasteiger partial charge in [-0.1, -0.05) is 0 Å². The van der Waals surface area contributed by atoms with Gasteiger partial charge in [0.05, 0.1) is 12.8 Å². The molecule has 3 heterocycles. The minimum Gasteiger partial charge on any atom is -0.459 e. The number of amides is 2. The van der Waals surface area contributed by atoms with Gasteiger partial charge in [0, 0.05) is 32.2 Å². The molecule has 108 valence electrons. The number of nitrogens with one attached hydrogen (secondary N) is 1. The third-order valence-electron chi connectivity index (χ3n) is 3.98. The van der Waals surface area contributed by atoms with E-state index in [2.05, 4.69) is 5.32 Å². The molecule has 6 nitrogen and oxygen atoms in total. The summed E-state index contributed by atoms with van der Waals surface area (Å²) in [5.74, 6) is 0.424. The number of carbonyl (C=O) groups is 2. The Kier molecular flexibility index (Phi) is 3.73. The van der Waals surface area contributed by atoms with Crippen molar-refractivity contribution in [3.05, 3.63) is 24.2 Å². The average Bonchev–Trinajstić information content (AvgIpc) is 3.01. The summed E-state index contributed by atoms with van der Waals surface area (Å²) in [6.45, 7) is 3.30. The van der Waals surface area contributed by atoms with Crippen molar-refractivity contribution in [3.8, 4) is 0 Å². The Bertz CT molecular complexity index is 486. The Hall–Kier alpha value is -1.82. The van der Waals surface area contributed by atoms with Gasteiger partial charge in [0.1, 0.15) is 0 Å². The first-order valence-electron chi connectivity index (χ1n) is 7.08. The van der Waals surface area contributed by atoms with Gasteiger partial charge in [0.25, 0.3) is 5.91 Å². The van der Waals surface area contributed by atoms with Crippen molar-refractivity contribution in [2.75, 3.05) is 32.7 Å². The summed E-state index contributed by atoms with van der Waals surface area (Å²) in [4.78, 5) is 27.9. The zero-order valence-corrected chi connectivity index (χ0v) is 11.4. The molecule has 2 amide bonds.